The smallest absolute Gasteiger partial charge is 0.142 e. The second-order valence-electron chi connectivity index (χ2n) is 7.86. The molecule has 0 fully saturated rings. The molecule has 0 saturated heterocycles. The molecule has 5 heteroatoms. The minimum absolute atomic E-state index is 0.413. The minimum atomic E-state index is 0.413. The maximum absolute atomic E-state index is 6.34. The van der Waals surface area contributed by atoms with Gasteiger partial charge in [0.15, 0.2) is 0 Å². The van der Waals surface area contributed by atoms with Crippen LogP contribution >= 0.6 is 23.2 Å². The highest BCUT2D eigenvalue weighted by Gasteiger charge is 2.24. The first-order valence-corrected chi connectivity index (χ1v) is 11.4. The van der Waals surface area contributed by atoms with Crippen molar-refractivity contribution in [1.82, 2.24) is 4.57 Å². The summed E-state index contributed by atoms with van der Waals surface area (Å²) in [6.07, 6.45) is 2.89. The molecule has 0 saturated carbocycles. The van der Waals surface area contributed by atoms with Gasteiger partial charge in [-0.05, 0) is 66.8 Å². The summed E-state index contributed by atoms with van der Waals surface area (Å²) in [5.41, 5.74) is 7.75. The zero-order valence-corrected chi connectivity index (χ0v) is 19.0. The molecule has 4 aromatic rings. The van der Waals surface area contributed by atoms with Crippen molar-refractivity contribution in [2.75, 3.05) is 0 Å². The van der Waals surface area contributed by atoms with E-state index >= 15 is 0 Å². The van der Waals surface area contributed by atoms with E-state index < -0.39 is 0 Å². The highest BCUT2D eigenvalue weighted by molar-refractivity contribution is 6.31. The summed E-state index contributed by atoms with van der Waals surface area (Å²) in [6.45, 7) is 0.413. The van der Waals surface area contributed by atoms with Crippen LogP contribution in [0.3, 0.4) is 0 Å². The third kappa shape index (κ3) is 4.32. The fraction of sp³-hybridized carbons (Fsp3) is 0.148. The Balaban J connectivity index is 1.54. The van der Waals surface area contributed by atoms with Crippen LogP contribution in [0.4, 0.5) is 0 Å². The Kier molecular flexibility index (Phi) is 6.02. The second-order valence-corrected chi connectivity index (χ2v) is 8.74. The van der Waals surface area contributed by atoms with E-state index in [2.05, 4.69) is 46.1 Å². The number of fused-ring (bicyclic) bond motifs is 1. The lowest BCUT2D eigenvalue weighted by Gasteiger charge is -2.19. The van der Waals surface area contributed by atoms with Crippen molar-refractivity contribution in [2.45, 2.75) is 25.9 Å². The molecule has 1 heterocycles. The van der Waals surface area contributed by atoms with Crippen LogP contribution in [0.5, 0.6) is 0 Å². The Morgan fingerprint density at radius 1 is 0.812 bits per heavy atom. The maximum atomic E-state index is 6.34. The van der Waals surface area contributed by atoms with Crippen LogP contribution in [-0.2, 0) is 17.9 Å². The highest BCUT2D eigenvalue weighted by Crippen LogP contribution is 2.35. The maximum Gasteiger partial charge on any atom is 0.142 e. The van der Waals surface area contributed by atoms with E-state index in [9.17, 15) is 0 Å². The van der Waals surface area contributed by atoms with Crippen molar-refractivity contribution in [3.63, 3.8) is 0 Å². The van der Waals surface area contributed by atoms with Gasteiger partial charge in [0, 0.05) is 27.0 Å². The lowest BCUT2D eigenvalue weighted by Crippen LogP contribution is -2.14. The fourth-order valence-corrected chi connectivity index (χ4v) is 4.51. The number of aromatic nitrogens is 1. The summed E-state index contributed by atoms with van der Waals surface area (Å²) >= 11 is 12.3. The van der Waals surface area contributed by atoms with Crippen LogP contribution < -0.4 is 0 Å². The molecule has 0 spiro atoms. The molecule has 0 unspecified atom stereocenters. The second kappa shape index (κ2) is 9.23. The zero-order valence-electron chi connectivity index (χ0n) is 17.5. The van der Waals surface area contributed by atoms with Crippen LogP contribution in [0.1, 0.15) is 29.7 Å². The van der Waals surface area contributed by atoms with E-state index in [4.69, 9.17) is 28.0 Å². The molecule has 32 heavy (non-hydrogen) atoms. The normalized spacial score (nSPS) is 14.4. The van der Waals surface area contributed by atoms with Crippen molar-refractivity contribution in [2.24, 2.45) is 5.16 Å². The molecule has 0 atom stereocenters. The fourth-order valence-electron chi connectivity index (χ4n) is 4.20. The van der Waals surface area contributed by atoms with Crippen molar-refractivity contribution < 1.29 is 4.84 Å². The Morgan fingerprint density at radius 3 is 2.41 bits per heavy atom. The Labute approximate surface area is 197 Å². The van der Waals surface area contributed by atoms with Gasteiger partial charge in [0.1, 0.15) is 6.61 Å². The zero-order chi connectivity index (χ0) is 21.9. The predicted molar refractivity (Wildman–Crippen MR) is 132 cm³/mol. The van der Waals surface area contributed by atoms with Gasteiger partial charge < -0.3 is 9.40 Å². The summed E-state index contributed by atoms with van der Waals surface area (Å²) in [5.74, 6) is 0. The molecule has 0 amide bonds. The van der Waals surface area contributed by atoms with Crippen LogP contribution in [0.15, 0.2) is 90.1 Å². The van der Waals surface area contributed by atoms with Crippen LogP contribution in [-0.4, -0.2) is 10.3 Å². The van der Waals surface area contributed by atoms with Gasteiger partial charge in [0.2, 0.25) is 0 Å². The quantitative estimate of drug-likeness (QED) is 0.280. The van der Waals surface area contributed by atoms with Gasteiger partial charge in [-0.15, -0.1) is 0 Å². The number of nitrogens with zero attached hydrogens (tertiary/aromatic N) is 2. The molecule has 1 aromatic heterocycles. The summed E-state index contributed by atoms with van der Waals surface area (Å²) in [7, 11) is 0. The summed E-state index contributed by atoms with van der Waals surface area (Å²) in [4.78, 5) is 5.75. The van der Waals surface area contributed by atoms with E-state index in [1.54, 1.807) is 0 Å². The first kappa shape index (κ1) is 20.9. The first-order chi connectivity index (χ1) is 15.7. The molecule has 1 aliphatic rings. The third-order valence-electron chi connectivity index (χ3n) is 5.70. The Morgan fingerprint density at radius 2 is 1.62 bits per heavy atom. The molecule has 0 bridgehead atoms. The van der Waals surface area contributed by atoms with Crippen molar-refractivity contribution >= 4 is 28.9 Å². The largest absolute Gasteiger partial charge is 0.391 e. The number of oxime groups is 1. The third-order valence-corrected chi connectivity index (χ3v) is 6.18. The van der Waals surface area contributed by atoms with Crippen molar-refractivity contribution in [3.05, 3.63) is 112 Å². The van der Waals surface area contributed by atoms with Crippen molar-refractivity contribution in [1.29, 1.82) is 0 Å². The van der Waals surface area contributed by atoms with E-state index in [0.29, 0.717) is 11.6 Å². The van der Waals surface area contributed by atoms with Crippen LogP contribution in [0, 0.1) is 0 Å². The summed E-state index contributed by atoms with van der Waals surface area (Å²) in [6, 6.07) is 28.3. The predicted octanol–water partition coefficient (Wildman–Crippen LogP) is 7.71. The van der Waals surface area contributed by atoms with E-state index in [0.717, 1.165) is 58.1 Å². The van der Waals surface area contributed by atoms with Crippen LogP contribution in [0.2, 0.25) is 10.0 Å². The SMILES string of the molecule is Clc1ccc(CO/N=C2\CCCc3c2cc(-c2ccccc2)n3-c2cccc(Cl)c2)cc1. The highest BCUT2D eigenvalue weighted by atomic mass is 35.5. The number of benzene rings is 3. The van der Waals surface area contributed by atoms with Gasteiger partial charge >= 0.3 is 0 Å². The average Bonchev–Trinajstić information content (AvgIpc) is 3.21. The molecule has 0 radical (unpaired) electrons. The number of rotatable bonds is 5. The summed E-state index contributed by atoms with van der Waals surface area (Å²) < 4.78 is 2.31. The molecule has 0 N–H and O–H groups in total. The molecule has 0 aliphatic heterocycles. The molecular formula is C27H22Cl2N2O. The Bertz CT molecular complexity index is 1260. The van der Waals surface area contributed by atoms with Gasteiger partial charge in [0.05, 0.1) is 11.4 Å². The van der Waals surface area contributed by atoms with Gasteiger partial charge in [-0.3, -0.25) is 0 Å². The molecular weight excluding hydrogens is 439 g/mol. The van der Waals surface area contributed by atoms with Gasteiger partial charge in [-0.2, -0.15) is 0 Å². The number of hydrogen-bond donors (Lipinski definition) is 0. The molecule has 160 valence electrons. The summed E-state index contributed by atoms with van der Waals surface area (Å²) in [5, 5.41) is 5.98. The first-order valence-electron chi connectivity index (χ1n) is 10.7. The molecule has 3 nitrogen and oxygen atoms in total. The lowest BCUT2D eigenvalue weighted by atomic mass is 9.95. The topological polar surface area (TPSA) is 26.5 Å². The molecule has 5 rings (SSSR count). The lowest BCUT2D eigenvalue weighted by molar-refractivity contribution is 0.130. The average molecular weight is 461 g/mol. The van der Waals surface area contributed by atoms with E-state index in [1.807, 2.05) is 48.5 Å². The monoisotopic (exact) mass is 460 g/mol. The van der Waals surface area contributed by atoms with E-state index in [1.165, 1.54) is 5.69 Å². The van der Waals surface area contributed by atoms with Crippen molar-refractivity contribution in [3.8, 4) is 16.9 Å². The molecule has 1 aliphatic carbocycles. The molecule has 3 aromatic carbocycles. The van der Waals surface area contributed by atoms with Gasteiger partial charge in [-0.25, -0.2) is 0 Å². The van der Waals surface area contributed by atoms with E-state index in [-0.39, 0.29) is 0 Å². The van der Waals surface area contributed by atoms with Gasteiger partial charge in [-0.1, -0.05) is 76.9 Å². The van der Waals surface area contributed by atoms with Crippen LogP contribution in [0.25, 0.3) is 16.9 Å². The minimum Gasteiger partial charge on any atom is -0.391 e. The van der Waals surface area contributed by atoms with Gasteiger partial charge in [0.25, 0.3) is 0 Å². The number of halogens is 2. The number of hydrogen-bond acceptors (Lipinski definition) is 2. The standard InChI is InChI=1S/C27H22Cl2N2O/c28-21-14-12-19(13-15-21)18-32-30-25-10-5-11-26-24(25)17-27(20-6-2-1-3-7-20)31(26)23-9-4-8-22(29)16-23/h1-4,6-9,12-17H,5,10-11,18H2/b30-25+. The Hall–Kier alpha value is -3.01.